The first kappa shape index (κ1) is 14.8. The van der Waals surface area contributed by atoms with Gasteiger partial charge < -0.3 is 5.73 Å². The van der Waals surface area contributed by atoms with Crippen molar-refractivity contribution < 1.29 is 0 Å². The fourth-order valence-corrected chi connectivity index (χ4v) is 5.51. The van der Waals surface area contributed by atoms with E-state index in [1.807, 2.05) is 0 Å². The van der Waals surface area contributed by atoms with E-state index in [4.69, 9.17) is 5.73 Å². The summed E-state index contributed by atoms with van der Waals surface area (Å²) in [7, 11) is 0. The van der Waals surface area contributed by atoms with E-state index in [1.54, 1.807) is 0 Å². The molecule has 0 amide bonds. The van der Waals surface area contributed by atoms with Crippen molar-refractivity contribution in [2.24, 2.45) is 23.5 Å². The minimum Gasteiger partial charge on any atom is -0.329 e. The average Bonchev–Trinajstić information content (AvgIpc) is 2.91. The molecule has 4 unspecified atom stereocenters. The second kappa shape index (κ2) is 5.96. The number of hydrogen-bond acceptors (Lipinski definition) is 2. The summed E-state index contributed by atoms with van der Waals surface area (Å²) in [6.07, 6.45) is 12.8. The monoisotopic (exact) mass is 278 g/mol. The Morgan fingerprint density at radius 2 is 1.90 bits per heavy atom. The molecular formula is C18H34N2. The van der Waals surface area contributed by atoms with Crippen molar-refractivity contribution in [1.82, 2.24) is 4.90 Å². The van der Waals surface area contributed by atoms with Crippen LogP contribution in [0.4, 0.5) is 0 Å². The molecule has 3 rings (SSSR count). The van der Waals surface area contributed by atoms with Crippen molar-refractivity contribution in [3.05, 3.63) is 0 Å². The van der Waals surface area contributed by atoms with Crippen LogP contribution >= 0.6 is 0 Å². The molecule has 2 saturated carbocycles. The van der Waals surface area contributed by atoms with E-state index in [2.05, 4.69) is 18.7 Å². The molecule has 1 saturated heterocycles. The van der Waals surface area contributed by atoms with E-state index in [0.717, 1.165) is 30.3 Å². The van der Waals surface area contributed by atoms with Gasteiger partial charge in [0.1, 0.15) is 0 Å². The van der Waals surface area contributed by atoms with Gasteiger partial charge in [0.2, 0.25) is 0 Å². The fraction of sp³-hybridized carbons (Fsp3) is 1.00. The third-order valence-electron chi connectivity index (χ3n) is 6.80. The van der Waals surface area contributed by atoms with Gasteiger partial charge in [-0.05, 0) is 56.4 Å². The summed E-state index contributed by atoms with van der Waals surface area (Å²) in [5, 5.41) is 0. The molecule has 0 spiro atoms. The Labute approximate surface area is 125 Å². The van der Waals surface area contributed by atoms with Crippen LogP contribution in [0.2, 0.25) is 0 Å². The van der Waals surface area contributed by atoms with Gasteiger partial charge in [0.05, 0.1) is 0 Å². The van der Waals surface area contributed by atoms with E-state index in [9.17, 15) is 0 Å². The second-order valence-corrected chi connectivity index (χ2v) is 8.12. The molecule has 4 atom stereocenters. The van der Waals surface area contributed by atoms with Crippen LogP contribution in [-0.2, 0) is 0 Å². The van der Waals surface area contributed by atoms with Gasteiger partial charge in [-0.3, -0.25) is 4.90 Å². The van der Waals surface area contributed by atoms with Gasteiger partial charge in [0.25, 0.3) is 0 Å². The molecule has 2 N–H and O–H groups in total. The summed E-state index contributed by atoms with van der Waals surface area (Å²) >= 11 is 0. The van der Waals surface area contributed by atoms with E-state index < -0.39 is 0 Å². The maximum Gasteiger partial charge on any atom is 0.0337 e. The predicted octanol–water partition coefficient (Wildman–Crippen LogP) is 3.79. The first-order chi connectivity index (χ1) is 9.66. The number of hydrogen-bond donors (Lipinski definition) is 1. The highest BCUT2D eigenvalue weighted by Gasteiger charge is 2.48. The van der Waals surface area contributed by atoms with Crippen molar-refractivity contribution in [2.45, 2.75) is 83.2 Å². The topological polar surface area (TPSA) is 29.3 Å². The standard InChI is InChI=1S/C18H34N2/c1-14(2)16-7-5-10-18(12-16,13-19)20-11-9-15-6-3-4-8-17(15)20/h14-17H,3-13,19H2,1-2H3. The minimum absolute atomic E-state index is 0.351. The number of nitrogens with two attached hydrogens (primary N) is 1. The van der Waals surface area contributed by atoms with Crippen molar-refractivity contribution in [2.75, 3.05) is 13.1 Å². The number of rotatable bonds is 3. The second-order valence-electron chi connectivity index (χ2n) is 8.12. The lowest BCUT2D eigenvalue weighted by molar-refractivity contribution is 0.00158. The Kier molecular flexibility index (Phi) is 4.42. The summed E-state index contributed by atoms with van der Waals surface area (Å²) in [5.41, 5.74) is 6.71. The van der Waals surface area contributed by atoms with Crippen LogP contribution in [0.15, 0.2) is 0 Å². The Morgan fingerprint density at radius 1 is 1.10 bits per heavy atom. The Morgan fingerprint density at radius 3 is 2.65 bits per heavy atom. The smallest absolute Gasteiger partial charge is 0.0337 e. The molecular weight excluding hydrogens is 244 g/mol. The number of likely N-dealkylation sites (tertiary alicyclic amines) is 1. The molecule has 0 radical (unpaired) electrons. The van der Waals surface area contributed by atoms with E-state index in [0.29, 0.717) is 5.54 Å². The fourth-order valence-electron chi connectivity index (χ4n) is 5.51. The van der Waals surface area contributed by atoms with Gasteiger partial charge in [-0.15, -0.1) is 0 Å². The van der Waals surface area contributed by atoms with Gasteiger partial charge in [-0.2, -0.15) is 0 Å². The third kappa shape index (κ3) is 2.54. The van der Waals surface area contributed by atoms with Crippen molar-refractivity contribution in [3.8, 4) is 0 Å². The first-order valence-corrected chi connectivity index (χ1v) is 9.13. The molecule has 2 nitrogen and oxygen atoms in total. The third-order valence-corrected chi connectivity index (χ3v) is 6.80. The molecule has 20 heavy (non-hydrogen) atoms. The minimum atomic E-state index is 0.351. The summed E-state index contributed by atoms with van der Waals surface area (Å²) < 4.78 is 0. The van der Waals surface area contributed by atoms with Crippen molar-refractivity contribution in [1.29, 1.82) is 0 Å². The van der Waals surface area contributed by atoms with Crippen LogP contribution < -0.4 is 5.73 Å². The van der Waals surface area contributed by atoms with Crippen LogP contribution in [-0.4, -0.2) is 29.6 Å². The van der Waals surface area contributed by atoms with Crippen LogP contribution in [0.25, 0.3) is 0 Å². The molecule has 0 aromatic heterocycles. The van der Waals surface area contributed by atoms with E-state index in [-0.39, 0.29) is 0 Å². The maximum absolute atomic E-state index is 6.36. The quantitative estimate of drug-likeness (QED) is 0.851. The lowest BCUT2D eigenvalue weighted by atomic mass is 9.70. The zero-order valence-electron chi connectivity index (χ0n) is 13.6. The van der Waals surface area contributed by atoms with Crippen molar-refractivity contribution >= 4 is 0 Å². The normalized spacial score (nSPS) is 42.9. The van der Waals surface area contributed by atoms with Crippen LogP contribution in [0.5, 0.6) is 0 Å². The lowest BCUT2D eigenvalue weighted by Gasteiger charge is -2.51. The average molecular weight is 278 g/mol. The SMILES string of the molecule is CC(C)C1CCCC(CN)(N2CCC3CCCCC32)C1. The zero-order valence-corrected chi connectivity index (χ0v) is 13.6. The molecule has 116 valence electrons. The molecule has 2 heteroatoms. The van der Waals surface area contributed by atoms with Gasteiger partial charge in [-0.1, -0.05) is 39.5 Å². The van der Waals surface area contributed by atoms with Gasteiger partial charge >= 0.3 is 0 Å². The zero-order chi connectivity index (χ0) is 14.2. The van der Waals surface area contributed by atoms with E-state index >= 15 is 0 Å². The Hall–Kier alpha value is -0.0800. The molecule has 0 aromatic rings. The Bertz CT molecular complexity index is 327. The molecule has 3 fully saturated rings. The van der Waals surface area contributed by atoms with Gasteiger partial charge in [0.15, 0.2) is 0 Å². The summed E-state index contributed by atoms with van der Waals surface area (Å²) in [6.45, 7) is 7.03. The predicted molar refractivity (Wildman–Crippen MR) is 85.7 cm³/mol. The summed E-state index contributed by atoms with van der Waals surface area (Å²) in [5.74, 6) is 2.72. The molecule has 3 aliphatic rings. The van der Waals surface area contributed by atoms with E-state index in [1.165, 1.54) is 64.3 Å². The summed E-state index contributed by atoms with van der Waals surface area (Å²) in [4.78, 5) is 2.91. The van der Waals surface area contributed by atoms with Crippen LogP contribution in [0.1, 0.15) is 71.6 Å². The summed E-state index contributed by atoms with van der Waals surface area (Å²) in [6, 6.07) is 0.873. The molecule has 1 aliphatic heterocycles. The highest BCUT2D eigenvalue weighted by Crippen LogP contribution is 2.46. The number of fused-ring (bicyclic) bond motifs is 1. The molecule has 2 aliphatic carbocycles. The van der Waals surface area contributed by atoms with Crippen LogP contribution in [0, 0.1) is 17.8 Å². The van der Waals surface area contributed by atoms with Gasteiger partial charge in [-0.25, -0.2) is 0 Å². The van der Waals surface area contributed by atoms with Crippen molar-refractivity contribution in [3.63, 3.8) is 0 Å². The molecule has 0 bridgehead atoms. The molecule has 0 aromatic carbocycles. The first-order valence-electron chi connectivity index (χ1n) is 9.13. The lowest BCUT2D eigenvalue weighted by Crippen LogP contribution is -2.59. The Balaban J connectivity index is 1.77. The molecule has 1 heterocycles. The maximum atomic E-state index is 6.36. The van der Waals surface area contributed by atoms with Crippen LogP contribution in [0.3, 0.4) is 0 Å². The van der Waals surface area contributed by atoms with Gasteiger partial charge in [0, 0.05) is 18.1 Å². The largest absolute Gasteiger partial charge is 0.329 e. The highest BCUT2D eigenvalue weighted by atomic mass is 15.3. The number of nitrogens with zero attached hydrogens (tertiary/aromatic N) is 1. The highest BCUT2D eigenvalue weighted by molar-refractivity contribution is 5.04.